The summed E-state index contributed by atoms with van der Waals surface area (Å²) in [6, 6.07) is 6.17. The quantitative estimate of drug-likeness (QED) is 0.677. The van der Waals surface area contributed by atoms with Crippen LogP contribution in [-0.4, -0.2) is 24.0 Å². The minimum atomic E-state index is -0.970. The Bertz CT molecular complexity index is 387. The fraction of sp³-hybridized carbons (Fsp3) is 0.273. The third kappa shape index (κ3) is 3.06. The Kier molecular flexibility index (Phi) is 4.02. The molecule has 0 radical (unpaired) electrons. The Balaban J connectivity index is 2.86. The number of hydrogen-bond donors (Lipinski definition) is 3. The van der Waals surface area contributed by atoms with Crippen LogP contribution in [0.2, 0.25) is 0 Å². The van der Waals surface area contributed by atoms with Gasteiger partial charge in [0.1, 0.15) is 0 Å². The van der Waals surface area contributed by atoms with Crippen molar-refractivity contribution in [1.29, 1.82) is 0 Å². The molecule has 86 valence electrons. The van der Waals surface area contributed by atoms with E-state index in [1.165, 1.54) is 12.1 Å². The predicted octanol–water partition coefficient (Wildman–Crippen LogP) is 0.521. The minimum absolute atomic E-state index is 0.180. The number of benzene rings is 1. The van der Waals surface area contributed by atoms with Gasteiger partial charge in [-0.25, -0.2) is 4.79 Å². The van der Waals surface area contributed by atoms with Crippen LogP contribution in [0.15, 0.2) is 24.3 Å². The third-order valence-electron chi connectivity index (χ3n) is 2.31. The molecule has 0 heterocycles. The molecular weight excluding hydrogens is 208 g/mol. The van der Waals surface area contributed by atoms with E-state index in [4.69, 9.17) is 10.8 Å². The van der Waals surface area contributed by atoms with Crippen molar-refractivity contribution in [1.82, 2.24) is 5.32 Å². The second-order valence-electron chi connectivity index (χ2n) is 3.44. The molecule has 0 saturated carbocycles. The van der Waals surface area contributed by atoms with E-state index in [2.05, 4.69) is 5.32 Å². The Morgan fingerprint density at radius 3 is 2.31 bits per heavy atom. The maximum absolute atomic E-state index is 10.8. The first-order chi connectivity index (χ1) is 7.54. The van der Waals surface area contributed by atoms with E-state index in [0.29, 0.717) is 0 Å². The molecule has 1 atom stereocenters. The summed E-state index contributed by atoms with van der Waals surface area (Å²) in [6.45, 7) is 0. The molecule has 1 aromatic rings. The van der Waals surface area contributed by atoms with Crippen LogP contribution < -0.4 is 11.1 Å². The third-order valence-corrected chi connectivity index (χ3v) is 2.31. The van der Waals surface area contributed by atoms with Crippen LogP contribution in [0.1, 0.15) is 28.4 Å². The van der Waals surface area contributed by atoms with Gasteiger partial charge in [-0.05, 0) is 24.7 Å². The monoisotopic (exact) mass is 222 g/mol. The molecule has 1 unspecified atom stereocenters. The van der Waals surface area contributed by atoms with Gasteiger partial charge in [-0.15, -0.1) is 0 Å². The Morgan fingerprint density at radius 1 is 1.38 bits per heavy atom. The molecule has 0 aliphatic rings. The zero-order chi connectivity index (χ0) is 12.1. The van der Waals surface area contributed by atoms with E-state index in [-0.39, 0.29) is 18.0 Å². The molecule has 1 rings (SSSR count). The van der Waals surface area contributed by atoms with Crippen molar-refractivity contribution < 1.29 is 14.7 Å². The molecule has 0 aliphatic heterocycles. The first-order valence-electron chi connectivity index (χ1n) is 4.83. The molecule has 0 fully saturated rings. The average molecular weight is 222 g/mol. The molecule has 1 aromatic carbocycles. The summed E-state index contributed by atoms with van der Waals surface area (Å²) in [6.07, 6.45) is 0.183. The SMILES string of the molecule is CNC(CC(N)=O)c1ccc(C(=O)O)cc1. The number of nitrogens with two attached hydrogens (primary N) is 1. The van der Waals surface area contributed by atoms with E-state index in [1.54, 1.807) is 19.2 Å². The maximum atomic E-state index is 10.8. The van der Waals surface area contributed by atoms with E-state index in [0.717, 1.165) is 5.56 Å². The molecule has 1 amide bonds. The molecule has 4 N–H and O–H groups in total. The summed E-state index contributed by atoms with van der Waals surface area (Å²) in [4.78, 5) is 21.4. The van der Waals surface area contributed by atoms with Crippen molar-refractivity contribution in [3.63, 3.8) is 0 Å². The topological polar surface area (TPSA) is 92.4 Å². The van der Waals surface area contributed by atoms with Gasteiger partial charge < -0.3 is 16.2 Å². The van der Waals surface area contributed by atoms with Gasteiger partial charge in [-0.2, -0.15) is 0 Å². The average Bonchev–Trinajstić information content (AvgIpc) is 2.25. The zero-order valence-corrected chi connectivity index (χ0v) is 8.93. The van der Waals surface area contributed by atoms with Gasteiger partial charge in [0.15, 0.2) is 0 Å². The molecule has 0 aliphatic carbocycles. The number of aromatic carboxylic acids is 1. The number of amides is 1. The summed E-state index contributed by atoms with van der Waals surface area (Å²) in [5.41, 5.74) is 6.17. The van der Waals surface area contributed by atoms with Gasteiger partial charge in [-0.1, -0.05) is 12.1 Å². The highest BCUT2D eigenvalue weighted by molar-refractivity contribution is 5.87. The highest BCUT2D eigenvalue weighted by Gasteiger charge is 2.12. The van der Waals surface area contributed by atoms with Crippen LogP contribution in [-0.2, 0) is 4.79 Å². The number of carbonyl (C=O) groups excluding carboxylic acids is 1. The number of carboxylic acid groups (broad SMARTS) is 1. The molecule has 5 nitrogen and oxygen atoms in total. The largest absolute Gasteiger partial charge is 0.478 e. The molecule has 5 heteroatoms. The number of rotatable bonds is 5. The van der Waals surface area contributed by atoms with Gasteiger partial charge >= 0.3 is 5.97 Å². The lowest BCUT2D eigenvalue weighted by molar-refractivity contribution is -0.118. The number of nitrogens with one attached hydrogen (secondary N) is 1. The van der Waals surface area contributed by atoms with Crippen molar-refractivity contribution in [2.24, 2.45) is 5.73 Å². The fourth-order valence-corrected chi connectivity index (χ4v) is 1.45. The second kappa shape index (κ2) is 5.27. The number of carboxylic acids is 1. The Morgan fingerprint density at radius 2 is 1.94 bits per heavy atom. The Hall–Kier alpha value is -1.88. The normalized spacial score (nSPS) is 12.1. The number of carbonyl (C=O) groups is 2. The highest BCUT2D eigenvalue weighted by Crippen LogP contribution is 2.16. The van der Waals surface area contributed by atoms with Gasteiger partial charge in [0.05, 0.1) is 5.56 Å². The van der Waals surface area contributed by atoms with Crippen LogP contribution in [0.25, 0.3) is 0 Å². The molecule has 0 spiro atoms. The van der Waals surface area contributed by atoms with Crippen molar-refractivity contribution in [2.75, 3.05) is 7.05 Å². The number of primary amides is 1. The van der Waals surface area contributed by atoms with E-state index >= 15 is 0 Å². The second-order valence-corrected chi connectivity index (χ2v) is 3.44. The lowest BCUT2D eigenvalue weighted by atomic mass is 10.0. The van der Waals surface area contributed by atoms with Gasteiger partial charge in [0.25, 0.3) is 0 Å². The number of hydrogen-bond acceptors (Lipinski definition) is 3. The summed E-state index contributed by atoms with van der Waals surface area (Å²) in [5, 5.41) is 11.7. The van der Waals surface area contributed by atoms with Crippen molar-refractivity contribution in [3.05, 3.63) is 35.4 Å². The molecule has 0 aromatic heterocycles. The maximum Gasteiger partial charge on any atom is 0.335 e. The van der Waals surface area contributed by atoms with Gasteiger partial charge in [-0.3, -0.25) is 4.79 Å². The first-order valence-corrected chi connectivity index (χ1v) is 4.83. The van der Waals surface area contributed by atoms with Crippen LogP contribution in [0.5, 0.6) is 0 Å². The molecular formula is C11H14N2O3. The Labute approximate surface area is 93.3 Å². The lowest BCUT2D eigenvalue weighted by Gasteiger charge is -2.14. The van der Waals surface area contributed by atoms with Crippen LogP contribution in [0, 0.1) is 0 Å². The fourth-order valence-electron chi connectivity index (χ4n) is 1.45. The first kappa shape index (κ1) is 12.2. The van der Waals surface area contributed by atoms with Crippen molar-refractivity contribution in [2.45, 2.75) is 12.5 Å². The predicted molar refractivity (Wildman–Crippen MR) is 59.0 cm³/mol. The van der Waals surface area contributed by atoms with Crippen molar-refractivity contribution in [3.8, 4) is 0 Å². The van der Waals surface area contributed by atoms with Crippen molar-refractivity contribution >= 4 is 11.9 Å². The summed E-state index contributed by atoms with van der Waals surface area (Å²) >= 11 is 0. The van der Waals surface area contributed by atoms with Crippen LogP contribution in [0.3, 0.4) is 0 Å². The van der Waals surface area contributed by atoms with Crippen LogP contribution in [0.4, 0.5) is 0 Å². The smallest absolute Gasteiger partial charge is 0.335 e. The highest BCUT2D eigenvalue weighted by atomic mass is 16.4. The van der Waals surface area contributed by atoms with E-state index in [1.807, 2.05) is 0 Å². The zero-order valence-electron chi connectivity index (χ0n) is 8.93. The molecule has 0 saturated heterocycles. The standard InChI is InChI=1S/C11H14N2O3/c1-13-9(6-10(12)14)7-2-4-8(5-3-7)11(15)16/h2-5,9,13H,6H2,1H3,(H2,12,14)(H,15,16). The summed E-state index contributed by atoms with van der Waals surface area (Å²) in [5.74, 6) is -1.37. The molecule has 16 heavy (non-hydrogen) atoms. The van der Waals surface area contributed by atoms with Crippen LogP contribution >= 0.6 is 0 Å². The van der Waals surface area contributed by atoms with E-state index in [9.17, 15) is 9.59 Å². The van der Waals surface area contributed by atoms with Gasteiger partial charge in [0, 0.05) is 12.5 Å². The van der Waals surface area contributed by atoms with Gasteiger partial charge in [0.2, 0.25) is 5.91 Å². The summed E-state index contributed by atoms with van der Waals surface area (Å²) < 4.78 is 0. The lowest BCUT2D eigenvalue weighted by Crippen LogP contribution is -2.23. The summed E-state index contributed by atoms with van der Waals surface area (Å²) in [7, 11) is 1.72. The minimum Gasteiger partial charge on any atom is -0.478 e. The molecule has 0 bridgehead atoms. The van der Waals surface area contributed by atoms with E-state index < -0.39 is 11.9 Å².